The van der Waals surface area contributed by atoms with Crippen LogP contribution in [0, 0.1) is 0 Å². The van der Waals surface area contributed by atoms with Gasteiger partial charge in [0.05, 0.1) is 13.7 Å². The third-order valence-electron chi connectivity index (χ3n) is 2.00. The summed E-state index contributed by atoms with van der Waals surface area (Å²) >= 11 is 0. The van der Waals surface area contributed by atoms with Crippen molar-refractivity contribution in [2.45, 2.75) is 6.54 Å². The summed E-state index contributed by atoms with van der Waals surface area (Å²) in [5.41, 5.74) is 0.798. The number of methoxy groups -OCH3 is 1. The van der Waals surface area contributed by atoms with Crippen LogP contribution < -0.4 is 10.1 Å². The summed E-state index contributed by atoms with van der Waals surface area (Å²) in [4.78, 5) is 8.27. The zero-order valence-corrected chi connectivity index (χ0v) is 10.3. The first-order valence-corrected chi connectivity index (χ1v) is 4.81. The van der Waals surface area contributed by atoms with E-state index in [1.807, 2.05) is 13.1 Å². The molecule has 0 radical (unpaired) electrons. The monoisotopic (exact) mass is 256 g/mol. The van der Waals surface area contributed by atoms with E-state index in [1.54, 1.807) is 19.4 Å². The maximum Gasteiger partial charge on any atom is 0.240 e. The first-order chi connectivity index (χ1) is 7.83. The normalized spacial score (nSPS) is 9.76. The van der Waals surface area contributed by atoms with Gasteiger partial charge in [0.25, 0.3) is 0 Å². The third kappa shape index (κ3) is 3.15. The summed E-state index contributed by atoms with van der Waals surface area (Å²) in [7, 11) is 3.39. The van der Waals surface area contributed by atoms with Crippen LogP contribution in [0.5, 0.6) is 5.88 Å². The van der Waals surface area contributed by atoms with Crippen LogP contribution in [0.15, 0.2) is 22.9 Å². The molecule has 7 heteroatoms. The van der Waals surface area contributed by atoms with Gasteiger partial charge in [0.1, 0.15) is 0 Å². The van der Waals surface area contributed by atoms with Crippen LogP contribution in [0.4, 0.5) is 0 Å². The van der Waals surface area contributed by atoms with Crippen molar-refractivity contribution in [2.24, 2.45) is 0 Å². The lowest BCUT2D eigenvalue weighted by Crippen LogP contribution is -2.04. The molecule has 2 aromatic rings. The molecule has 0 aliphatic carbocycles. The Balaban J connectivity index is 0.00000144. The molecule has 0 spiro atoms. The van der Waals surface area contributed by atoms with Gasteiger partial charge in [0, 0.05) is 17.8 Å². The second-order valence-corrected chi connectivity index (χ2v) is 3.13. The van der Waals surface area contributed by atoms with Crippen LogP contribution in [0.2, 0.25) is 0 Å². The van der Waals surface area contributed by atoms with Crippen LogP contribution in [0.3, 0.4) is 0 Å². The number of rotatable bonds is 4. The molecule has 0 atom stereocenters. The molecule has 0 aliphatic rings. The topological polar surface area (TPSA) is 73.1 Å². The molecule has 2 aromatic heterocycles. The van der Waals surface area contributed by atoms with Gasteiger partial charge in [-0.3, -0.25) is 0 Å². The maximum atomic E-state index is 5.03. The molecule has 6 nitrogen and oxygen atoms in total. The van der Waals surface area contributed by atoms with Crippen molar-refractivity contribution in [1.29, 1.82) is 0 Å². The molecule has 17 heavy (non-hydrogen) atoms. The molecule has 0 fully saturated rings. The van der Waals surface area contributed by atoms with Gasteiger partial charge in [-0.25, -0.2) is 4.98 Å². The minimum atomic E-state index is 0. The number of halogens is 1. The SMILES string of the molecule is CNCc1nc(-c2ccc(OC)nc2)no1.Cl. The van der Waals surface area contributed by atoms with Crippen molar-refractivity contribution >= 4 is 12.4 Å². The number of pyridine rings is 1. The van der Waals surface area contributed by atoms with Crippen LogP contribution in [0.1, 0.15) is 5.89 Å². The summed E-state index contributed by atoms with van der Waals surface area (Å²) in [5, 5.41) is 6.79. The Morgan fingerprint density at radius 1 is 1.41 bits per heavy atom. The summed E-state index contributed by atoms with van der Waals surface area (Å²) in [6, 6.07) is 3.59. The Morgan fingerprint density at radius 2 is 2.24 bits per heavy atom. The molecule has 0 bridgehead atoms. The van der Waals surface area contributed by atoms with Crippen LogP contribution in [-0.4, -0.2) is 29.3 Å². The highest BCUT2D eigenvalue weighted by atomic mass is 35.5. The lowest BCUT2D eigenvalue weighted by molar-refractivity contribution is 0.372. The zero-order valence-electron chi connectivity index (χ0n) is 9.51. The molecule has 0 aromatic carbocycles. The second-order valence-electron chi connectivity index (χ2n) is 3.13. The number of hydrogen-bond donors (Lipinski definition) is 1. The fourth-order valence-electron chi connectivity index (χ4n) is 1.23. The minimum absolute atomic E-state index is 0. The molecule has 0 unspecified atom stereocenters. The number of aromatic nitrogens is 3. The Labute approximate surface area is 105 Å². The molecular formula is C10H13ClN4O2. The lowest BCUT2D eigenvalue weighted by Gasteiger charge is -1.97. The lowest BCUT2D eigenvalue weighted by atomic mass is 10.3. The quantitative estimate of drug-likeness (QED) is 0.888. The van der Waals surface area contributed by atoms with Crippen molar-refractivity contribution in [3.63, 3.8) is 0 Å². The Kier molecular flexibility index (Phi) is 4.86. The van der Waals surface area contributed by atoms with Gasteiger partial charge in [-0.1, -0.05) is 5.16 Å². The highest BCUT2D eigenvalue weighted by Gasteiger charge is 2.08. The van der Waals surface area contributed by atoms with Gasteiger partial charge in [-0.05, 0) is 13.1 Å². The highest BCUT2D eigenvalue weighted by molar-refractivity contribution is 5.85. The van der Waals surface area contributed by atoms with Gasteiger partial charge in [-0.15, -0.1) is 12.4 Å². The van der Waals surface area contributed by atoms with E-state index in [2.05, 4.69) is 20.4 Å². The Bertz CT molecular complexity index is 458. The van der Waals surface area contributed by atoms with Gasteiger partial charge >= 0.3 is 0 Å². The fraction of sp³-hybridized carbons (Fsp3) is 0.300. The van der Waals surface area contributed by atoms with E-state index >= 15 is 0 Å². The summed E-state index contributed by atoms with van der Waals surface area (Å²) in [6.45, 7) is 0.552. The smallest absolute Gasteiger partial charge is 0.240 e. The van der Waals surface area contributed by atoms with Crippen molar-refractivity contribution in [2.75, 3.05) is 14.2 Å². The second kappa shape index (κ2) is 6.17. The van der Waals surface area contributed by atoms with Crippen LogP contribution in [-0.2, 0) is 6.54 Å². The maximum absolute atomic E-state index is 5.03. The molecule has 1 N–H and O–H groups in total. The Morgan fingerprint density at radius 3 is 2.82 bits per heavy atom. The first kappa shape index (κ1) is 13.4. The summed E-state index contributed by atoms with van der Waals surface area (Å²) in [5.74, 6) is 1.64. The van der Waals surface area contributed by atoms with E-state index in [1.165, 1.54) is 0 Å². The van der Waals surface area contributed by atoms with Gasteiger partial charge in [0.15, 0.2) is 0 Å². The van der Waals surface area contributed by atoms with E-state index in [4.69, 9.17) is 9.26 Å². The van der Waals surface area contributed by atoms with Gasteiger partial charge < -0.3 is 14.6 Å². The van der Waals surface area contributed by atoms with Gasteiger partial charge in [0.2, 0.25) is 17.6 Å². The number of hydrogen-bond acceptors (Lipinski definition) is 6. The fourth-order valence-corrected chi connectivity index (χ4v) is 1.23. The predicted molar refractivity (Wildman–Crippen MR) is 64.1 cm³/mol. The predicted octanol–water partition coefficient (Wildman–Crippen LogP) is 1.28. The van der Waals surface area contributed by atoms with E-state index in [-0.39, 0.29) is 12.4 Å². The van der Waals surface area contributed by atoms with E-state index in [9.17, 15) is 0 Å². The van der Waals surface area contributed by atoms with Crippen molar-refractivity contribution in [3.05, 3.63) is 24.2 Å². The Hall–Kier alpha value is -1.66. The van der Waals surface area contributed by atoms with Gasteiger partial charge in [-0.2, -0.15) is 4.98 Å². The van der Waals surface area contributed by atoms with E-state index in [0.717, 1.165) is 5.56 Å². The summed E-state index contributed by atoms with van der Waals surface area (Å²) < 4.78 is 10.00. The van der Waals surface area contributed by atoms with Crippen molar-refractivity contribution in [3.8, 4) is 17.3 Å². The minimum Gasteiger partial charge on any atom is -0.481 e. The summed E-state index contributed by atoms with van der Waals surface area (Å²) in [6.07, 6.45) is 1.65. The number of nitrogens with one attached hydrogen (secondary N) is 1. The number of ether oxygens (including phenoxy) is 1. The van der Waals surface area contributed by atoms with Crippen LogP contribution in [0.25, 0.3) is 11.4 Å². The first-order valence-electron chi connectivity index (χ1n) is 4.81. The molecular weight excluding hydrogens is 244 g/mol. The molecule has 0 saturated heterocycles. The van der Waals surface area contributed by atoms with Crippen molar-refractivity contribution < 1.29 is 9.26 Å². The number of nitrogens with zero attached hydrogens (tertiary/aromatic N) is 3. The van der Waals surface area contributed by atoms with Crippen LogP contribution >= 0.6 is 12.4 Å². The van der Waals surface area contributed by atoms with E-state index in [0.29, 0.717) is 24.1 Å². The third-order valence-corrected chi connectivity index (χ3v) is 2.00. The molecule has 0 amide bonds. The van der Waals surface area contributed by atoms with Crippen molar-refractivity contribution in [1.82, 2.24) is 20.4 Å². The zero-order chi connectivity index (χ0) is 11.4. The average Bonchev–Trinajstić information content (AvgIpc) is 2.78. The molecule has 2 rings (SSSR count). The van der Waals surface area contributed by atoms with E-state index < -0.39 is 0 Å². The molecule has 0 aliphatic heterocycles. The standard InChI is InChI=1S/C10H12N4O2.ClH/c1-11-6-9-13-10(14-16-9)7-3-4-8(15-2)12-5-7;/h3-5,11H,6H2,1-2H3;1H. The molecule has 92 valence electrons. The highest BCUT2D eigenvalue weighted by Crippen LogP contribution is 2.16. The molecule has 2 heterocycles. The average molecular weight is 257 g/mol. The molecule has 0 saturated carbocycles. The largest absolute Gasteiger partial charge is 0.481 e.